The predicted octanol–water partition coefficient (Wildman–Crippen LogP) is 1.88. The van der Waals surface area contributed by atoms with Gasteiger partial charge in [0, 0.05) is 17.5 Å². The van der Waals surface area contributed by atoms with Gasteiger partial charge in [0.1, 0.15) is 0 Å². The van der Waals surface area contributed by atoms with Gasteiger partial charge < -0.3 is 10.6 Å². The number of fused-ring (bicyclic) bond motifs is 2. The average Bonchev–Trinajstić information content (AvgIpc) is 3.17. The second-order valence-corrected chi connectivity index (χ2v) is 7.27. The third kappa shape index (κ3) is 1.79. The quantitative estimate of drug-likeness (QED) is 0.904. The summed E-state index contributed by atoms with van der Waals surface area (Å²) < 4.78 is 0. The Kier molecular flexibility index (Phi) is 3.00. The fourth-order valence-corrected chi connectivity index (χ4v) is 4.98. The van der Waals surface area contributed by atoms with Crippen molar-refractivity contribution in [1.82, 2.24) is 9.80 Å². The maximum Gasteiger partial charge on any atom is 0.192 e. The number of aliphatic imine (C=N–C) groups is 1. The second kappa shape index (κ2) is 4.74. The summed E-state index contributed by atoms with van der Waals surface area (Å²) in [6.07, 6.45) is 5.24. The Morgan fingerprint density at radius 1 is 1.40 bits per heavy atom. The molecule has 5 heteroatoms. The maximum absolute atomic E-state index is 6.23. The lowest BCUT2D eigenvalue weighted by atomic mass is 9.84. The molecular formula is C15H22N4S. The zero-order valence-corrected chi connectivity index (χ0v) is 12.6. The Balaban J connectivity index is 1.63. The molecule has 4 nitrogen and oxygen atoms in total. The Labute approximate surface area is 124 Å². The van der Waals surface area contributed by atoms with Crippen LogP contribution in [0.15, 0.2) is 22.5 Å². The van der Waals surface area contributed by atoms with Crippen LogP contribution in [0, 0.1) is 0 Å². The van der Waals surface area contributed by atoms with Crippen LogP contribution in [0.4, 0.5) is 0 Å². The van der Waals surface area contributed by atoms with Gasteiger partial charge in [-0.2, -0.15) is 0 Å². The molecule has 3 aliphatic rings. The normalized spacial score (nSPS) is 33.7. The van der Waals surface area contributed by atoms with Gasteiger partial charge in [0.05, 0.1) is 18.6 Å². The van der Waals surface area contributed by atoms with Crippen molar-refractivity contribution in [1.29, 1.82) is 0 Å². The smallest absolute Gasteiger partial charge is 0.192 e. The number of piperidine rings is 1. The van der Waals surface area contributed by atoms with Crippen LogP contribution in [0.1, 0.15) is 30.6 Å². The van der Waals surface area contributed by atoms with E-state index in [0.717, 1.165) is 19.0 Å². The standard InChI is InChI=1S/C15H22N4S/c16-14-17-11-15(19(14)10-12-4-3-9-20-12)6-8-18-7-2-1-5-13(15)18/h3-4,9,13H,1-2,5-8,10-11H2,(H2,16,17). The first kappa shape index (κ1) is 12.7. The van der Waals surface area contributed by atoms with Crippen LogP contribution in [-0.4, -0.2) is 47.0 Å². The van der Waals surface area contributed by atoms with E-state index in [0.29, 0.717) is 6.04 Å². The van der Waals surface area contributed by atoms with Crippen LogP contribution in [0.3, 0.4) is 0 Å². The molecule has 108 valence electrons. The number of nitrogens with two attached hydrogens (primary N) is 1. The van der Waals surface area contributed by atoms with Crippen LogP contribution in [0.25, 0.3) is 0 Å². The minimum Gasteiger partial charge on any atom is -0.370 e. The Morgan fingerprint density at radius 3 is 3.20 bits per heavy atom. The highest BCUT2D eigenvalue weighted by Gasteiger charge is 2.54. The molecule has 0 amide bonds. The fraction of sp³-hybridized carbons (Fsp3) is 0.667. The SMILES string of the molecule is NC1=NCC2(CCN3CCCCC32)N1Cc1cccs1. The minimum absolute atomic E-state index is 0.175. The summed E-state index contributed by atoms with van der Waals surface area (Å²) in [5.41, 5.74) is 6.41. The molecule has 2 fully saturated rings. The highest BCUT2D eigenvalue weighted by Crippen LogP contribution is 2.42. The number of guanidine groups is 1. The van der Waals surface area contributed by atoms with Crippen LogP contribution in [-0.2, 0) is 6.54 Å². The maximum atomic E-state index is 6.23. The summed E-state index contributed by atoms with van der Waals surface area (Å²) in [7, 11) is 0. The van der Waals surface area contributed by atoms with E-state index in [1.165, 1.54) is 43.6 Å². The van der Waals surface area contributed by atoms with Crippen molar-refractivity contribution in [2.45, 2.75) is 43.8 Å². The molecule has 1 spiro atoms. The molecule has 2 saturated heterocycles. The Bertz CT molecular complexity index is 512. The van der Waals surface area contributed by atoms with E-state index in [-0.39, 0.29) is 5.54 Å². The molecule has 0 bridgehead atoms. The lowest BCUT2D eigenvalue weighted by molar-refractivity contribution is 0.0920. The fourth-order valence-electron chi connectivity index (χ4n) is 4.28. The van der Waals surface area contributed by atoms with Crippen molar-refractivity contribution in [3.63, 3.8) is 0 Å². The van der Waals surface area contributed by atoms with E-state index >= 15 is 0 Å². The van der Waals surface area contributed by atoms with Crippen molar-refractivity contribution in [3.8, 4) is 0 Å². The molecule has 0 saturated carbocycles. The molecule has 0 aromatic carbocycles. The molecule has 2 atom stereocenters. The summed E-state index contributed by atoms with van der Waals surface area (Å²) in [6.45, 7) is 4.30. The van der Waals surface area contributed by atoms with Crippen molar-refractivity contribution in [3.05, 3.63) is 22.4 Å². The van der Waals surface area contributed by atoms with Crippen molar-refractivity contribution < 1.29 is 0 Å². The molecule has 20 heavy (non-hydrogen) atoms. The molecule has 2 N–H and O–H groups in total. The summed E-state index contributed by atoms with van der Waals surface area (Å²) in [6, 6.07) is 4.98. The summed E-state index contributed by atoms with van der Waals surface area (Å²) in [5.74, 6) is 0.755. The highest BCUT2D eigenvalue weighted by molar-refractivity contribution is 7.09. The third-order valence-corrected chi connectivity index (χ3v) is 6.15. The third-order valence-electron chi connectivity index (χ3n) is 5.29. The van der Waals surface area contributed by atoms with E-state index in [9.17, 15) is 0 Å². The summed E-state index contributed by atoms with van der Waals surface area (Å²) in [4.78, 5) is 11.1. The van der Waals surface area contributed by atoms with Crippen LogP contribution >= 0.6 is 11.3 Å². The van der Waals surface area contributed by atoms with Gasteiger partial charge in [-0.1, -0.05) is 12.5 Å². The summed E-state index contributed by atoms with van der Waals surface area (Å²) in [5, 5.41) is 2.15. The van der Waals surface area contributed by atoms with E-state index in [1.54, 1.807) is 0 Å². The zero-order chi connectivity index (χ0) is 13.6. The number of hydrogen-bond donors (Lipinski definition) is 1. The Hall–Kier alpha value is -1.07. The molecule has 0 radical (unpaired) electrons. The van der Waals surface area contributed by atoms with Crippen LogP contribution < -0.4 is 5.73 Å². The minimum atomic E-state index is 0.175. The molecule has 0 aliphatic carbocycles. The number of rotatable bonds is 2. The lowest BCUT2D eigenvalue weighted by Gasteiger charge is -2.44. The van der Waals surface area contributed by atoms with Crippen LogP contribution in [0.5, 0.6) is 0 Å². The van der Waals surface area contributed by atoms with E-state index < -0.39 is 0 Å². The number of thiophene rings is 1. The van der Waals surface area contributed by atoms with Gasteiger partial charge in [0.25, 0.3) is 0 Å². The van der Waals surface area contributed by atoms with Crippen molar-refractivity contribution in [2.75, 3.05) is 19.6 Å². The first-order valence-corrected chi connectivity index (χ1v) is 8.52. The molecule has 2 unspecified atom stereocenters. The number of nitrogens with zero attached hydrogens (tertiary/aromatic N) is 3. The van der Waals surface area contributed by atoms with Gasteiger partial charge in [-0.25, -0.2) is 0 Å². The second-order valence-electron chi connectivity index (χ2n) is 6.24. The van der Waals surface area contributed by atoms with Gasteiger partial charge in [-0.05, 0) is 37.3 Å². The Morgan fingerprint density at radius 2 is 2.35 bits per heavy atom. The topological polar surface area (TPSA) is 44.9 Å². The average molecular weight is 290 g/mol. The van der Waals surface area contributed by atoms with E-state index in [1.807, 2.05) is 11.3 Å². The predicted molar refractivity (Wildman–Crippen MR) is 82.9 cm³/mol. The van der Waals surface area contributed by atoms with Crippen LogP contribution in [0.2, 0.25) is 0 Å². The van der Waals surface area contributed by atoms with Gasteiger partial charge in [-0.3, -0.25) is 9.89 Å². The largest absolute Gasteiger partial charge is 0.370 e. The van der Waals surface area contributed by atoms with E-state index in [2.05, 4.69) is 32.3 Å². The highest BCUT2D eigenvalue weighted by atomic mass is 32.1. The van der Waals surface area contributed by atoms with Crippen molar-refractivity contribution >= 4 is 17.3 Å². The number of hydrogen-bond acceptors (Lipinski definition) is 5. The first-order chi connectivity index (χ1) is 9.79. The summed E-state index contributed by atoms with van der Waals surface area (Å²) >= 11 is 1.82. The molecule has 3 aliphatic heterocycles. The lowest BCUT2D eigenvalue weighted by Crippen LogP contribution is -2.59. The molecular weight excluding hydrogens is 268 g/mol. The van der Waals surface area contributed by atoms with Gasteiger partial charge in [0.15, 0.2) is 5.96 Å². The molecule has 1 aromatic rings. The zero-order valence-electron chi connectivity index (χ0n) is 11.8. The molecule has 1 aromatic heterocycles. The van der Waals surface area contributed by atoms with Crippen molar-refractivity contribution in [2.24, 2.45) is 10.7 Å². The first-order valence-electron chi connectivity index (χ1n) is 7.64. The van der Waals surface area contributed by atoms with Gasteiger partial charge >= 0.3 is 0 Å². The molecule has 4 rings (SSSR count). The van der Waals surface area contributed by atoms with Gasteiger partial charge in [-0.15, -0.1) is 11.3 Å². The van der Waals surface area contributed by atoms with Gasteiger partial charge in [0.2, 0.25) is 0 Å². The van der Waals surface area contributed by atoms with E-state index in [4.69, 9.17) is 5.73 Å². The molecule has 4 heterocycles. The monoisotopic (exact) mass is 290 g/mol.